The zero-order valence-corrected chi connectivity index (χ0v) is 7.83. The smallest absolute Gasteiger partial charge is 0.0785 e. The van der Waals surface area contributed by atoms with Crippen molar-refractivity contribution in [2.24, 2.45) is 0 Å². The molecule has 1 aromatic heterocycles. The molecule has 0 saturated carbocycles. The molecule has 1 unspecified atom stereocenters. The van der Waals surface area contributed by atoms with E-state index in [-0.39, 0.29) is 0 Å². The van der Waals surface area contributed by atoms with E-state index < -0.39 is 6.10 Å². The molecule has 2 N–H and O–H groups in total. The predicted molar refractivity (Wildman–Crippen MR) is 53.7 cm³/mol. The number of aryl methyl sites for hydroxylation is 1. The molecule has 0 fully saturated rings. The van der Waals surface area contributed by atoms with Crippen molar-refractivity contribution in [2.45, 2.75) is 20.0 Å². The maximum absolute atomic E-state index is 9.57. The Morgan fingerprint density at radius 1 is 1.31 bits per heavy atom. The van der Waals surface area contributed by atoms with Gasteiger partial charge in [-0.1, -0.05) is 18.2 Å². The molecule has 1 atom stereocenters. The lowest BCUT2D eigenvalue weighted by atomic mass is 10.1. The highest BCUT2D eigenvalue weighted by Gasteiger charge is 2.11. The Morgan fingerprint density at radius 3 is 2.69 bits per heavy atom. The number of aliphatic hydroxyl groups is 1. The molecule has 0 spiro atoms. The van der Waals surface area contributed by atoms with Gasteiger partial charge in [-0.2, -0.15) is 0 Å². The van der Waals surface area contributed by atoms with E-state index in [0.717, 1.165) is 22.2 Å². The summed E-state index contributed by atoms with van der Waals surface area (Å²) in [6.45, 7) is 3.78. The lowest BCUT2D eigenvalue weighted by molar-refractivity contribution is 0.200. The average Bonchev–Trinajstić information content (AvgIpc) is 2.39. The highest BCUT2D eigenvalue weighted by Crippen LogP contribution is 2.26. The number of benzene rings is 1. The zero-order chi connectivity index (χ0) is 9.42. The van der Waals surface area contributed by atoms with E-state index in [1.54, 1.807) is 6.92 Å². The quantitative estimate of drug-likeness (QED) is 0.686. The number of H-pyrrole nitrogens is 1. The monoisotopic (exact) mass is 175 g/mol. The van der Waals surface area contributed by atoms with Gasteiger partial charge >= 0.3 is 0 Å². The minimum atomic E-state index is -0.406. The fourth-order valence-electron chi connectivity index (χ4n) is 1.84. The number of aromatic nitrogens is 1. The molecule has 0 amide bonds. The van der Waals surface area contributed by atoms with E-state index in [2.05, 4.69) is 4.98 Å². The van der Waals surface area contributed by atoms with Gasteiger partial charge < -0.3 is 10.1 Å². The van der Waals surface area contributed by atoms with Crippen LogP contribution in [0.3, 0.4) is 0 Å². The molecule has 0 aliphatic carbocycles. The first-order valence-corrected chi connectivity index (χ1v) is 4.45. The van der Waals surface area contributed by atoms with E-state index in [0.29, 0.717) is 0 Å². The van der Waals surface area contributed by atoms with Crippen molar-refractivity contribution in [1.29, 1.82) is 0 Å². The second-order valence-corrected chi connectivity index (χ2v) is 3.39. The third kappa shape index (κ3) is 1.23. The van der Waals surface area contributed by atoms with Gasteiger partial charge in [0, 0.05) is 22.2 Å². The first-order chi connectivity index (χ1) is 6.20. The number of aromatic amines is 1. The minimum absolute atomic E-state index is 0.406. The van der Waals surface area contributed by atoms with Crippen LogP contribution in [0.1, 0.15) is 24.3 Å². The van der Waals surface area contributed by atoms with Crippen molar-refractivity contribution in [1.82, 2.24) is 4.98 Å². The summed E-state index contributed by atoms with van der Waals surface area (Å²) < 4.78 is 0. The van der Waals surface area contributed by atoms with Crippen LogP contribution in [0, 0.1) is 6.92 Å². The molecular formula is C11H13NO. The summed E-state index contributed by atoms with van der Waals surface area (Å²) in [5, 5.41) is 10.7. The Kier molecular flexibility index (Phi) is 1.85. The molecule has 1 heterocycles. The highest BCUT2D eigenvalue weighted by atomic mass is 16.3. The normalized spacial score (nSPS) is 13.5. The van der Waals surface area contributed by atoms with Crippen LogP contribution in [0.4, 0.5) is 0 Å². The average molecular weight is 175 g/mol. The molecule has 0 radical (unpaired) electrons. The summed E-state index contributed by atoms with van der Waals surface area (Å²) in [6, 6.07) is 8.03. The van der Waals surface area contributed by atoms with Crippen LogP contribution in [-0.4, -0.2) is 10.1 Å². The first kappa shape index (κ1) is 8.32. The van der Waals surface area contributed by atoms with Crippen LogP contribution in [0.15, 0.2) is 24.3 Å². The van der Waals surface area contributed by atoms with Gasteiger partial charge in [0.15, 0.2) is 0 Å². The second-order valence-electron chi connectivity index (χ2n) is 3.39. The van der Waals surface area contributed by atoms with E-state index in [1.807, 2.05) is 31.2 Å². The van der Waals surface area contributed by atoms with E-state index >= 15 is 0 Å². The van der Waals surface area contributed by atoms with Gasteiger partial charge in [0.1, 0.15) is 0 Å². The Bertz CT molecular complexity index is 429. The SMILES string of the molecule is Cc1[nH]c2ccccc2c1C(C)O. The Balaban J connectivity index is 2.78. The van der Waals surface area contributed by atoms with Gasteiger partial charge in [0.25, 0.3) is 0 Å². The molecule has 68 valence electrons. The van der Waals surface area contributed by atoms with Crippen LogP contribution in [0.25, 0.3) is 10.9 Å². The fourth-order valence-corrected chi connectivity index (χ4v) is 1.84. The number of nitrogens with one attached hydrogen (secondary N) is 1. The molecule has 0 aliphatic rings. The molecule has 2 aromatic rings. The maximum Gasteiger partial charge on any atom is 0.0785 e. The Morgan fingerprint density at radius 2 is 2.00 bits per heavy atom. The van der Waals surface area contributed by atoms with Crippen LogP contribution in [0.5, 0.6) is 0 Å². The van der Waals surface area contributed by atoms with E-state index in [1.165, 1.54) is 0 Å². The van der Waals surface area contributed by atoms with Crippen molar-refractivity contribution >= 4 is 10.9 Å². The predicted octanol–water partition coefficient (Wildman–Crippen LogP) is 2.53. The standard InChI is InChI=1S/C11H13NO/c1-7-11(8(2)13)9-5-3-4-6-10(9)12-7/h3-6,8,12-13H,1-2H3. The zero-order valence-electron chi connectivity index (χ0n) is 7.83. The Labute approximate surface area is 77.2 Å². The maximum atomic E-state index is 9.57. The highest BCUT2D eigenvalue weighted by molar-refractivity contribution is 5.84. The molecule has 13 heavy (non-hydrogen) atoms. The summed E-state index contributed by atoms with van der Waals surface area (Å²) in [5.41, 5.74) is 3.16. The molecule has 0 saturated heterocycles. The topological polar surface area (TPSA) is 36.0 Å². The van der Waals surface area contributed by atoms with Crippen LogP contribution in [-0.2, 0) is 0 Å². The number of rotatable bonds is 1. The lowest BCUT2D eigenvalue weighted by Gasteiger charge is -2.03. The molecule has 0 bridgehead atoms. The third-order valence-electron chi connectivity index (χ3n) is 2.36. The van der Waals surface area contributed by atoms with Gasteiger partial charge in [-0.15, -0.1) is 0 Å². The van der Waals surface area contributed by atoms with Crippen LogP contribution < -0.4 is 0 Å². The molecule has 2 nitrogen and oxygen atoms in total. The largest absolute Gasteiger partial charge is 0.389 e. The van der Waals surface area contributed by atoms with Gasteiger partial charge in [-0.05, 0) is 19.9 Å². The van der Waals surface area contributed by atoms with Gasteiger partial charge in [0.05, 0.1) is 6.10 Å². The van der Waals surface area contributed by atoms with Crippen molar-refractivity contribution in [3.8, 4) is 0 Å². The first-order valence-electron chi connectivity index (χ1n) is 4.45. The van der Waals surface area contributed by atoms with Crippen LogP contribution >= 0.6 is 0 Å². The summed E-state index contributed by atoms with van der Waals surface area (Å²) in [7, 11) is 0. The molecule has 2 rings (SSSR count). The number of para-hydroxylation sites is 1. The number of fused-ring (bicyclic) bond motifs is 1. The summed E-state index contributed by atoms with van der Waals surface area (Å²) in [6.07, 6.45) is -0.406. The summed E-state index contributed by atoms with van der Waals surface area (Å²) in [5.74, 6) is 0. The fraction of sp³-hybridized carbons (Fsp3) is 0.273. The number of hydrogen-bond donors (Lipinski definition) is 2. The van der Waals surface area contributed by atoms with E-state index in [9.17, 15) is 5.11 Å². The van der Waals surface area contributed by atoms with Crippen LogP contribution in [0.2, 0.25) is 0 Å². The molecule has 0 aliphatic heterocycles. The van der Waals surface area contributed by atoms with Gasteiger partial charge in [-0.25, -0.2) is 0 Å². The van der Waals surface area contributed by atoms with Crippen molar-refractivity contribution < 1.29 is 5.11 Å². The second kappa shape index (κ2) is 2.89. The third-order valence-corrected chi connectivity index (χ3v) is 2.36. The van der Waals surface area contributed by atoms with E-state index in [4.69, 9.17) is 0 Å². The van der Waals surface area contributed by atoms with Gasteiger partial charge in [-0.3, -0.25) is 0 Å². The van der Waals surface area contributed by atoms with Gasteiger partial charge in [0.2, 0.25) is 0 Å². The molecule has 2 heteroatoms. The minimum Gasteiger partial charge on any atom is -0.389 e. The van der Waals surface area contributed by atoms with Crippen molar-refractivity contribution in [3.63, 3.8) is 0 Å². The summed E-state index contributed by atoms with van der Waals surface area (Å²) >= 11 is 0. The van der Waals surface area contributed by atoms with Crippen molar-refractivity contribution in [3.05, 3.63) is 35.5 Å². The van der Waals surface area contributed by atoms with Crippen molar-refractivity contribution in [2.75, 3.05) is 0 Å². The molecule has 1 aromatic carbocycles. The molecular weight excluding hydrogens is 162 g/mol. The lowest BCUT2D eigenvalue weighted by Crippen LogP contribution is -1.91. The number of hydrogen-bond acceptors (Lipinski definition) is 1. The number of aliphatic hydroxyl groups excluding tert-OH is 1. The Hall–Kier alpha value is -1.28. The summed E-state index contributed by atoms with van der Waals surface area (Å²) in [4.78, 5) is 3.25.